The van der Waals surface area contributed by atoms with E-state index in [1.54, 1.807) is 13.8 Å². The average molecular weight is 411 g/mol. The molecule has 0 aromatic carbocycles. The Morgan fingerprint density at radius 2 is 1.26 bits per heavy atom. The van der Waals surface area contributed by atoms with Gasteiger partial charge in [-0.1, -0.05) is 64.7 Å². The summed E-state index contributed by atoms with van der Waals surface area (Å²) in [7, 11) is -2.59. The van der Waals surface area contributed by atoms with Crippen molar-refractivity contribution in [3.8, 4) is 0 Å². The number of carbonyl (C=O) groups is 1. The van der Waals surface area contributed by atoms with Gasteiger partial charge in [0.15, 0.2) is 0 Å². The minimum absolute atomic E-state index is 0.529. The van der Waals surface area contributed by atoms with Gasteiger partial charge in [0.05, 0.1) is 19.6 Å². The first kappa shape index (κ1) is 26.3. The van der Waals surface area contributed by atoms with Crippen molar-refractivity contribution >= 4 is 16.1 Å². The molecule has 0 spiro atoms. The number of likely N-dealkylation sites (N-methyl/N-ethyl adjacent to an activating group) is 1. The molecular weight excluding hydrogens is 370 g/mol. The standard InChI is InChI=1S/C19H39NO6S/c1-6-7-8-9-10-11-12-13-14-15-16-18(2,3)20(4,5)19(23,17(21)22)27(24,25)26/h23H,6-16H2,1-5H3,(H-,21,22,24,25,26)/p+1. The molecule has 0 radical (unpaired) electrons. The molecule has 0 aliphatic heterocycles. The lowest BCUT2D eigenvalue weighted by molar-refractivity contribution is -0.982. The third-order valence-corrected chi connectivity index (χ3v) is 7.40. The molecule has 1 atom stereocenters. The van der Waals surface area contributed by atoms with E-state index >= 15 is 0 Å². The molecule has 0 bridgehead atoms. The van der Waals surface area contributed by atoms with Crippen LogP contribution in [0.15, 0.2) is 0 Å². The lowest BCUT2D eigenvalue weighted by atomic mass is 9.91. The van der Waals surface area contributed by atoms with Crippen LogP contribution in [0.2, 0.25) is 0 Å². The highest BCUT2D eigenvalue weighted by molar-refractivity contribution is 7.87. The quantitative estimate of drug-likeness (QED) is 0.164. The average Bonchev–Trinajstić information content (AvgIpc) is 2.54. The molecule has 0 saturated carbocycles. The van der Waals surface area contributed by atoms with Gasteiger partial charge in [-0.15, -0.1) is 0 Å². The molecule has 162 valence electrons. The zero-order valence-electron chi connectivity index (χ0n) is 17.7. The van der Waals surface area contributed by atoms with Crippen molar-refractivity contribution in [3.05, 3.63) is 0 Å². The maximum atomic E-state index is 11.6. The zero-order valence-corrected chi connectivity index (χ0v) is 18.5. The summed E-state index contributed by atoms with van der Waals surface area (Å²) in [6.45, 7) is 5.62. The van der Waals surface area contributed by atoms with Gasteiger partial charge in [-0.25, -0.2) is 4.79 Å². The Morgan fingerprint density at radius 1 is 0.889 bits per heavy atom. The van der Waals surface area contributed by atoms with Crippen LogP contribution in [0.3, 0.4) is 0 Å². The van der Waals surface area contributed by atoms with E-state index < -0.39 is 31.2 Å². The van der Waals surface area contributed by atoms with Crippen molar-refractivity contribution in [1.29, 1.82) is 0 Å². The number of unbranched alkanes of at least 4 members (excludes halogenated alkanes) is 9. The first-order valence-electron chi connectivity index (χ1n) is 10.0. The van der Waals surface area contributed by atoms with Crippen molar-refractivity contribution in [1.82, 2.24) is 0 Å². The van der Waals surface area contributed by atoms with Crippen LogP contribution in [0.25, 0.3) is 0 Å². The second kappa shape index (κ2) is 10.7. The van der Waals surface area contributed by atoms with Crippen molar-refractivity contribution in [2.24, 2.45) is 0 Å². The van der Waals surface area contributed by atoms with Crippen LogP contribution in [0, 0.1) is 0 Å². The fourth-order valence-corrected chi connectivity index (χ4v) is 4.42. The molecule has 8 heteroatoms. The lowest BCUT2D eigenvalue weighted by Crippen LogP contribution is -2.74. The van der Waals surface area contributed by atoms with Gasteiger partial charge in [-0.2, -0.15) is 8.42 Å². The Hall–Kier alpha value is -0.700. The molecule has 1 unspecified atom stereocenters. The fourth-order valence-electron chi connectivity index (χ4n) is 3.37. The summed E-state index contributed by atoms with van der Waals surface area (Å²) in [5.74, 6) is -1.98. The Balaban J connectivity index is 4.59. The van der Waals surface area contributed by atoms with Crippen LogP contribution in [-0.4, -0.2) is 58.3 Å². The van der Waals surface area contributed by atoms with E-state index in [1.807, 2.05) is 0 Å². The second-order valence-corrected chi connectivity index (χ2v) is 10.1. The molecule has 0 aromatic heterocycles. The molecule has 0 heterocycles. The van der Waals surface area contributed by atoms with E-state index in [0.717, 1.165) is 25.7 Å². The molecule has 0 aliphatic carbocycles. The summed E-state index contributed by atoms with van der Waals surface area (Å²) in [6, 6.07) is 0. The molecule has 0 aromatic rings. The number of hydrogen-bond donors (Lipinski definition) is 3. The van der Waals surface area contributed by atoms with Gasteiger partial charge in [0.25, 0.3) is 0 Å². The van der Waals surface area contributed by atoms with Crippen LogP contribution in [0.5, 0.6) is 0 Å². The summed E-state index contributed by atoms with van der Waals surface area (Å²) < 4.78 is 31.9. The van der Waals surface area contributed by atoms with Crippen LogP contribution in [0.1, 0.15) is 91.4 Å². The van der Waals surface area contributed by atoms with Crippen LogP contribution < -0.4 is 0 Å². The third-order valence-electron chi connectivity index (χ3n) is 6.05. The molecular formula is C19H40NO6S+. The van der Waals surface area contributed by atoms with Gasteiger partial charge < -0.3 is 10.2 Å². The van der Waals surface area contributed by atoms with Crippen LogP contribution in [0.4, 0.5) is 0 Å². The molecule has 0 aliphatic rings. The summed E-state index contributed by atoms with van der Waals surface area (Å²) in [4.78, 5) is 11.5. The molecule has 0 amide bonds. The van der Waals surface area contributed by atoms with E-state index in [0.29, 0.717) is 6.42 Å². The third kappa shape index (κ3) is 6.69. The molecule has 27 heavy (non-hydrogen) atoms. The van der Waals surface area contributed by atoms with E-state index in [9.17, 15) is 28.0 Å². The largest absolute Gasteiger partial charge is 0.474 e. The van der Waals surface area contributed by atoms with Gasteiger partial charge in [0, 0.05) is 6.42 Å². The number of aliphatic carboxylic acids is 1. The molecule has 7 nitrogen and oxygen atoms in total. The fraction of sp³-hybridized carbons (Fsp3) is 0.947. The van der Waals surface area contributed by atoms with Crippen LogP contribution in [-0.2, 0) is 14.9 Å². The normalized spacial score (nSPS) is 15.5. The maximum absolute atomic E-state index is 11.6. The summed E-state index contributed by atoms with van der Waals surface area (Å²) in [5.41, 5.74) is -0.872. The number of nitrogens with zero attached hydrogens (tertiary/aromatic N) is 1. The number of aliphatic hydroxyl groups is 1. The monoisotopic (exact) mass is 410 g/mol. The van der Waals surface area contributed by atoms with Crippen molar-refractivity contribution in [3.63, 3.8) is 0 Å². The molecule has 0 fully saturated rings. The number of carboxylic acids is 1. The maximum Gasteiger partial charge on any atom is 0.428 e. The Bertz CT molecular complexity index is 559. The number of quaternary nitrogens is 1. The van der Waals surface area contributed by atoms with E-state index in [1.165, 1.54) is 52.6 Å². The Kier molecular flexibility index (Phi) is 10.5. The predicted molar refractivity (Wildman–Crippen MR) is 107 cm³/mol. The highest BCUT2D eigenvalue weighted by atomic mass is 32.2. The minimum atomic E-state index is -5.23. The highest BCUT2D eigenvalue weighted by Crippen LogP contribution is 2.37. The molecule has 0 rings (SSSR count). The molecule has 3 N–H and O–H groups in total. The number of carboxylic acid groups (broad SMARTS) is 1. The van der Waals surface area contributed by atoms with Gasteiger partial charge in [0.2, 0.25) is 0 Å². The zero-order chi connectivity index (χ0) is 21.4. The van der Waals surface area contributed by atoms with E-state index in [4.69, 9.17) is 0 Å². The Labute approximate surface area is 165 Å². The predicted octanol–water partition coefficient (Wildman–Crippen LogP) is 3.77. The first-order valence-corrected chi connectivity index (χ1v) is 11.5. The smallest absolute Gasteiger partial charge is 0.428 e. The topological polar surface area (TPSA) is 112 Å². The second-order valence-electron chi connectivity index (χ2n) is 8.59. The van der Waals surface area contributed by atoms with Crippen molar-refractivity contribution in [2.45, 2.75) is 102 Å². The van der Waals surface area contributed by atoms with E-state index in [2.05, 4.69) is 6.92 Å². The number of hydrogen-bond acceptors (Lipinski definition) is 4. The van der Waals surface area contributed by atoms with Crippen molar-refractivity contribution < 1.29 is 32.5 Å². The highest BCUT2D eigenvalue weighted by Gasteiger charge is 2.67. The Morgan fingerprint density at radius 3 is 1.59 bits per heavy atom. The minimum Gasteiger partial charge on any atom is -0.474 e. The van der Waals surface area contributed by atoms with Gasteiger partial charge in [-0.3, -0.25) is 9.04 Å². The van der Waals surface area contributed by atoms with Crippen LogP contribution >= 0.6 is 0 Å². The first-order chi connectivity index (χ1) is 12.3. The van der Waals surface area contributed by atoms with Gasteiger partial charge >= 0.3 is 21.1 Å². The summed E-state index contributed by atoms with van der Waals surface area (Å²) in [5, 5.41) is 16.4. The lowest BCUT2D eigenvalue weighted by Gasteiger charge is -2.49. The van der Waals surface area contributed by atoms with Crippen molar-refractivity contribution in [2.75, 3.05) is 14.1 Å². The number of rotatable bonds is 15. The summed E-state index contributed by atoms with van der Waals surface area (Å²) >= 11 is 0. The summed E-state index contributed by atoms with van der Waals surface area (Å²) in [6.07, 6.45) is 12.2. The SMILES string of the molecule is CCCCCCCCCCCCC(C)(C)[N+](C)(C)C(O)(C(=O)O)S(=O)(=O)O. The van der Waals surface area contributed by atoms with Gasteiger partial charge in [-0.05, 0) is 20.3 Å². The molecule has 0 saturated heterocycles. The van der Waals surface area contributed by atoms with E-state index in [-0.39, 0.29) is 0 Å². The van der Waals surface area contributed by atoms with Gasteiger partial charge in [0.1, 0.15) is 0 Å².